The normalized spacial score (nSPS) is 11.4. The third-order valence-corrected chi connectivity index (χ3v) is 5.66. The first-order valence-electron chi connectivity index (χ1n) is 11.2. The highest BCUT2D eigenvalue weighted by Crippen LogP contribution is 2.28. The fourth-order valence-electron chi connectivity index (χ4n) is 3.90. The maximum atomic E-state index is 13.0. The summed E-state index contributed by atoms with van der Waals surface area (Å²) in [7, 11) is 0. The summed E-state index contributed by atoms with van der Waals surface area (Å²) in [4.78, 5) is 17.5. The van der Waals surface area contributed by atoms with Crippen LogP contribution in [-0.4, -0.2) is 34.7 Å². The molecule has 0 aliphatic rings. The van der Waals surface area contributed by atoms with Crippen molar-refractivity contribution in [3.05, 3.63) is 70.5 Å². The number of hydrogen-bond donors (Lipinski definition) is 1. The summed E-state index contributed by atoms with van der Waals surface area (Å²) in [6.45, 7) is 6.85. The highest BCUT2D eigenvalue weighted by molar-refractivity contribution is 5.77. The number of unbranched alkanes of at least 4 members (excludes halogenated alkanes) is 2. The first-order valence-corrected chi connectivity index (χ1v) is 11.2. The lowest BCUT2D eigenvalue weighted by Crippen LogP contribution is -2.26. The minimum absolute atomic E-state index is 0.0583. The van der Waals surface area contributed by atoms with E-state index in [1.165, 1.54) is 6.42 Å². The second-order valence-corrected chi connectivity index (χ2v) is 8.29. The highest BCUT2D eigenvalue weighted by Gasteiger charge is 2.15. The van der Waals surface area contributed by atoms with Gasteiger partial charge in [0.1, 0.15) is 5.69 Å². The van der Waals surface area contributed by atoms with Crippen LogP contribution in [0.4, 0.5) is 0 Å². The van der Waals surface area contributed by atoms with Gasteiger partial charge in [-0.15, -0.1) is 5.10 Å². The van der Waals surface area contributed by atoms with Crippen LogP contribution >= 0.6 is 0 Å². The van der Waals surface area contributed by atoms with Crippen LogP contribution in [0.15, 0.2) is 53.6 Å². The summed E-state index contributed by atoms with van der Waals surface area (Å²) in [5, 5.41) is 14.1. The summed E-state index contributed by atoms with van der Waals surface area (Å²) < 4.78 is 3.75. The quantitative estimate of drug-likeness (QED) is 0.400. The Kier molecular flexibility index (Phi) is 6.58. The molecule has 0 aliphatic heterocycles. The maximum Gasteiger partial charge on any atom is 0.328 e. The van der Waals surface area contributed by atoms with Crippen LogP contribution in [0.3, 0.4) is 0 Å². The molecule has 1 aromatic carbocycles. The molecule has 0 fully saturated rings. The first-order chi connectivity index (χ1) is 15.6. The van der Waals surface area contributed by atoms with Gasteiger partial charge >= 0.3 is 5.69 Å². The number of nitrogens with zero attached hydrogens (tertiary/aromatic N) is 6. The molecule has 3 heterocycles. The van der Waals surface area contributed by atoms with E-state index in [0.29, 0.717) is 18.1 Å². The van der Waals surface area contributed by atoms with Crippen molar-refractivity contribution >= 4 is 0 Å². The summed E-state index contributed by atoms with van der Waals surface area (Å²) in [6, 6.07) is 12.3. The molecule has 0 amide bonds. The molecule has 0 atom stereocenters. The van der Waals surface area contributed by atoms with Crippen LogP contribution in [0.1, 0.15) is 57.3 Å². The maximum absolute atomic E-state index is 13.0. The predicted octanol–water partition coefficient (Wildman–Crippen LogP) is 4.25. The molecule has 1 N–H and O–H groups in total. The topological polar surface area (TPSA) is 94.3 Å². The van der Waals surface area contributed by atoms with Gasteiger partial charge in [0, 0.05) is 29.7 Å². The van der Waals surface area contributed by atoms with Crippen LogP contribution in [0, 0.1) is 0 Å². The number of aromatic amines is 1. The molecule has 3 aromatic heterocycles. The molecule has 4 rings (SSSR count). The van der Waals surface area contributed by atoms with E-state index in [1.54, 1.807) is 6.20 Å². The van der Waals surface area contributed by atoms with Gasteiger partial charge in [0.25, 0.3) is 0 Å². The monoisotopic (exact) mass is 431 g/mol. The highest BCUT2D eigenvalue weighted by atomic mass is 16.1. The van der Waals surface area contributed by atoms with E-state index in [1.807, 2.05) is 41.3 Å². The summed E-state index contributed by atoms with van der Waals surface area (Å²) in [5.41, 5.74) is 4.91. The molecule has 0 aliphatic carbocycles. The van der Waals surface area contributed by atoms with Crippen LogP contribution in [0.2, 0.25) is 0 Å². The smallest absolute Gasteiger partial charge is 0.296 e. The molecule has 0 unspecified atom stereocenters. The van der Waals surface area contributed by atoms with E-state index < -0.39 is 0 Å². The lowest BCUT2D eigenvalue weighted by atomic mass is 10.0. The second kappa shape index (κ2) is 9.72. The Morgan fingerprint density at radius 2 is 1.91 bits per heavy atom. The number of tetrazole rings is 1. The Hall–Kier alpha value is -3.55. The largest absolute Gasteiger partial charge is 0.328 e. The molecule has 32 heavy (non-hydrogen) atoms. The number of aryl methyl sites for hydroxylation is 1. The first kappa shape index (κ1) is 21.7. The van der Waals surface area contributed by atoms with Crippen molar-refractivity contribution in [2.75, 3.05) is 0 Å². The molecule has 8 heteroatoms. The number of pyridine rings is 1. The van der Waals surface area contributed by atoms with Crippen molar-refractivity contribution in [1.82, 2.24) is 34.7 Å². The number of benzene rings is 1. The summed E-state index contributed by atoms with van der Waals surface area (Å²) in [5.74, 6) is 0.531. The van der Waals surface area contributed by atoms with Crippen molar-refractivity contribution < 1.29 is 0 Å². The fraction of sp³-hybridized carbons (Fsp3) is 0.375. The van der Waals surface area contributed by atoms with Crippen molar-refractivity contribution in [2.45, 2.75) is 59.0 Å². The van der Waals surface area contributed by atoms with Gasteiger partial charge < -0.3 is 0 Å². The minimum atomic E-state index is 0.0583. The zero-order valence-electron chi connectivity index (χ0n) is 18.8. The molecule has 0 spiro atoms. The van der Waals surface area contributed by atoms with Gasteiger partial charge in [-0.3, -0.25) is 14.1 Å². The Labute approximate surface area is 187 Å². The van der Waals surface area contributed by atoms with Gasteiger partial charge in [-0.1, -0.05) is 50.1 Å². The Morgan fingerprint density at radius 1 is 1.09 bits per heavy atom. The average Bonchev–Trinajstić information content (AvgIpc) is 3.44. The number of nitrogens with one attached hydrogen (secondary N) is 1. The molecule has 0 saturated heterocycles. The van der Waals surface area contributed by atoms with Crippen LogP contribution in [0.25, 0.3) is 22.6 Å². The Morgan fingerprint density at radius 3 is 2.59 bits per heavy atom. The number of rotatable bonds is 9. The standard InChI is InChI=1S/C24H29N7O/c1-4-5-6-8-20-16-30(17(2)3)24(32)31(20)15-18-10-12-19(13-11-18)21-9-7-14-25-22(21)23-26-28-29-27-23/h7,9-14,16-17H,4-6,8,15H2,1-3H3,(H,26,27,28,29). The summed E-state index contributed by atoms with van der Waals surface area (Å²) in [6.07, 6.45) is 8.11. The predicted molar refractivity (Wildman–Crippen MR) is 124 cm³/mol. The molecule has 4 aromatic rings. The molecular formula is C24H29N7O. The van der Waals surface area contributed by atoms with Crippen molar-refractivity contribution in [1.29, 1.82) is 0 Å². The van der Waals surface area contributed by atoms with E-state index in [9.17, 15) is 4.79 Å². The minimum Gasteiger partial charge on any atom is -0.296 e. The zero-order chi connectivity index (χ0) is 22.5. The van der Waals surface area contributed by atoms with E-state index in [4.69, 9.17) is 0 Å². The second-order valence-electron chi connectivity index (χ2n) is 8.29. The van der Waals surface area contributed by atoms with E-state index in [2.05, 4.69) is 56.8 Å². The number of imidazole rings is 1. The molecule has 0 saturated carbocycles. The van der Waals surface area contributed by atoms with Gasteiger partial charge in [0.2, 0.25) is 0 Å². The lowest BCUT2D eigenvalue weighted by molar-refractivity contribution is 0.560. The molecule has 0 bridgehead atoms. The Bertz CT molecular complexity index is 1200. The third-order valence-electron chi connectivity index (χ3n) is 5.66. The number of H-pyrrole nitrogens is 1. The van der Waals surface area contributed by atoms with Crippen molar-refractivity contribution in [3.8, 4) is 22.6 Å². The third kappa shape index (κ3) is 4.54. The number of hydrogen-bond acceptors (Lipinski definition) is 5. The number of aromatic nitrogens is 7. The van der Waals surface area contributed by atoms with Gasteiger partial charge in [0.15, 0.2) is 5.82 Å². The Balaban J connectivity index is 1.61. The van der Waals surface area contributed by atoms with Crippen LogP contribution in [-0.2, 0) is 13.0 Å². The van der Waals surface area contributed by atoms with Gasteiger partial charge in [-0.2, -0.15) is 0 Å². The molecule has 8 nitrogen and oxygen atoms in total. The van der Waals surface area contributed by atoms with E-state index in [0.717, 1.165) is 41.6 Å². The average molecular weight is 432 g/mol. The van der Waals surface area contributed by atoms with E-state index >= 15 is 0 Å². The lowest BCUT2D eigenvalue weighted by Gasteiger charge is -2.10. The van der Waals surface area contributed by atoms with Gasteiger partial charge in [-0.05, 0) is 54.3 Å². The van der Waals surface area contributed by atoms with Gasteiger partial charge in [0.05, 0.1) is 6.54 Å². The molecule has 0 radical (unpaired) electrons. The van der Waals surface area contributed by atoms with Gasteiger partial charge in [-0.25, -0.2) is 9.89 Å². The van der Waals surface area contributed by atoms with Crippen LogP contribution < -0.4 is 5.69 Å². The zero-order valence-corrected chi connectivity index (χ0v) is 18.8. The molecule has 166 valence electrons. The van der Waals surface area contributed by atoms with Crippen molar-refractivity contribution in [2.24, 2.45) is 0 Å². The molecular weight excluding hydrogens is 402 g/mol. The van der Waals surface area contributed by atoms with E-state index in [-0.39, 0.29) is 11.7 Å². The van der Waals surface area contributed by atoms with Crippen molar-refractivity contribution in [3.63, 3.8) is 0 Å². The van der Waals surface area contributed by atoms with Crippen LogP contribution in [0.5, 0.6) is 0 Å². The summed E-state index contributed by atoms with van der Waals surface area (Å²) >= 11 is 0. The fourth-order valence-corrected chi connectivity index (χ4v) is 3.90. The SMILES string of the molecule is CCCCCc1cn(C(C)C)c(=O)n1Cc1ccc(-c2cccnc2-c2nnn[nH]2)cc1.